The lowest BCUT2D eigenvalue weighted by molar-refractivity contribution is -0.123. The largest absolute Gasteiger partial charge is 0.465 e. The number of benzene rings is 1. The van der Waals surface area contributed by atoms with E-state index < -0.39 is 17.3 Å². The van der Waals surface area contributed by atoms with Crippen molar-refractivity contribution in [2.45, 2.75) is 31.7 Å². The Bertz CT molecular complexity index is 1140. The normalized spacial score (nSPS) is 17.1. The van der Waals surface area contributed by atoms with Crippen LogP contribution in [0.3, 0.4) is 0 Å². The maximum Gasteiger partial charge on any atom is 0.337 e. The van der Waals surface area contributed by atoms with Crippen LogP contribution < -0.4 is 9.80 Å². The molecular formula is C21H17FN4O3S. The predicted octanol–water partition coefficient (Wildman–Crippen LogP) is 3.93. The highest BCUT2D eigenvalue weighted by Gasteiger charge is 2.60. The first-order chi connectivity index (χ1) is 14.3. The van der Waals surface area contributed by atoms with Crippen molar-refractivity contribution in [3.05, 3.63) is 58.8 Å². The zero-order valence-electron chi connectivity index (χ0n) is 16.3. The molecule has 30 heavy (non-hydrogen) atoms. The molecule has 4 rings (SSSR count). The van der Waals surface area contributed by atoms with Crippen LogP contribution in [0.15, 0.2) is 30.5 Å². The highest BCUT2D eigenvalue weighted by atomic mass is 32.1. The van der Waals surface area contributed by atoms with Gasteiger partial charge in [-0.3, -0.25) is 9.69 Å². The number of halogens is 1. The topological polar surface area (TPSA) is 67.1 Å². The Morgan fingerprint density at radius 3 is 2.63 bits per heavy atom. The monoisotopic (exact) mass is 424 g/mol. The molecule has 1 aromatic heterocycles. The molecule has 9 heteroatoms. The fourth-order valence-electron chi connectivity index (χ4n) is 3.91. The first-order valence-corrected chi connectivity index (χ1v) is 9.65. The second-order valence-electron chi connectivity index (χ2n) is 7.25. The molecule has 1 spiro atoms. The van der Waals surface area contributed by atoms with E-state index in [0.29, 0.717) is 24.1 Å². The summed E-state index contributed by atoms with van der Waals surface area (Å²) in [6, 6.07) is 5.65. The number of methoxy groups -OCH3 is 1. The number of carbonyl (C=O) groups excluding carboxylic acids is 2. The summed E-state index contributed by atoms with van der Waals surface area (Å²) in [6.07, 6.45) is 3.31. The Hall–Kier alpha value is -3.38. The van der Waals surface area contributed by atoms with E-state index in [4.69, 9.17) is 18.8 Å². The van der Waals surface area contributed by atoms with Gasteiger partial charge in [0.15, 0.2) is 5.11 Å². The van der Waals surface area contributed by atoms with E-state index in [2.05, 4.69) is 14.6 Å². The van der Waals surface area contributed by atoms with Gasteiger partial charge in [0.05, 0.1) is 24.0 Å². The number of thiocarbonyl (C=S) groups is 1. The summed E-state index contributed by atoms with van der Waals surface area (Å²) in [5, 5.41) is 0.140. The number of amides is 1. The summed E-state index contributed by atoms with van der Waals surface area (Å²) in [5.41, 5.74) is 0.301. The van der Waals surface area contributed by atoms with Gasteiger partial charge in [0.2, 0.25) is 0 Å². The number of aromatic nitrogens is 1. The standard InChI is InChI=1S/C21H17FN4O3S/c1-12-9-14(11-24-17(12)23-2)25-19(28)21(7-4-8-21)26(20(25)30)16-6-5-13(10-15(16)22)18(27)29-3/h5-6,9-11H,4,7-8H2,1,3H3. The second kappa shape index (κ2) is 7.15. The molecule has 2 aromatic rings. The summed E-state index contributed by atoms with van der Waals surface area (Å²) in [5.74, 6) is -1.32. The number of carbonyl (C=O) groups is 2. The molecular weight excluding hydrogens is 407 g/mol. The number of rotatable bonds is 3. The van der Waals surface area contributed by atoms with E-state index >= 15 is 4.39 Å². The lowest BCUT2D eigenvalue weighted by Crippen LogP contribution is -2.55. The van der Waals surface area contributed by atoms with Crippen molar-refractivity contribution in [2.24, 2.45) is 0 Å². The number of hydrogen-bond donors (Lipinski definition) is 0. The van der Waals surface area contributed by atoms with E-state index in [1.807, 2.05) is 0 Å². The molecule has 1 aliphatic heterocycles. The molecule has 0 atom stereocenters. The number of nitrogens with zero attached hydrogens (tertiary/aromatic N) is 4. The minimum absolute atomic E-state index is 0.0734. The van der Waals surface area contributed by atoms with E-state index in [1.54, 1.807) is 17.9 Å². The predicted molar refractivity (Wildman–Crippen MR) is 112 cm³/mol. The summed E-state index contributed by atoms with van der Waals surface area (Å²) >= 11 is 5.61. The Morgan fingerprint density at radius 1 is 1.37 bits per heavy atom. The lowest BCUT2D eigenvalue weighted by Gasteiger charge is -2.43. The minimum atomic E-state index is -0.961. The van der Waals surface area contributed by atoms with Crippen LogP contribution in [-0.4, -0.2) is 34.6 Å². The van der Waals surface area contributed by atoms with Gasteiger partial charge in [-0.2, -0.15) is 0 Å². The van der Waals surface area contributed by atoms with Crippen LogP contribution in [0.1, 0.15) is 35.2 Å². The number of aryl methyl sites for hydroxylation is 1. The molecule has 0 bridgehead atoms. The highest BCUT2D eigenvalue weighted by molar-refractivity contribution is 7.81. The third kappa shape index (κ3) is 2.75. The number of pyridine rings is 1. The van der Waals surface area contributed by atoms with Gasteiger partial charge in [0.1, 0.15) is 17.6 Å². The summed E-state index contributed by atoms with van der Waals surface area (Å²) < 4.78 is 19.6. The van der Waals surface area contributed by atoms with Gasteiger partial charge in [-0.1, -0.05) is 6.57 Å². The molecule has 1 aromatic carbocycles. The molecule has 1 saturated heterocycles. The zero-order chi connectivity index (χ0) is 21.6. The van der Waals surface area contributed by atoms with Crippen LogP contribution in [0.25, 0.3) is 4.85 Å². The van der Waals surface area contributed by atoms with Crippen molar-refractivity contribution < 1.29 is 18.7 Å². The SMILES string of the molecule is [C-]#[N+]c1ncc(N2C(=O)C3(CCC3)N(c3ccc(C(=O)OC)cc3F)C2=S)cc1C. The first kappa shape index (κ1) is 19.9. The molecule has 1 saturated carbocycles. The summed E-state index contributed by atoms with van der Waals surface area (Å²) in [6.45, 7) is 8.88. The molecule has 0 radical (unpaired) electrons. The molecule has 0 N–H and O–H groups in total. The van der Waals surface area contributed by atoms with Crippen molar-refractivity contribution in [1.29, 1.82) is 0 Å². The van der Waals surface area contributed by atoms with Crippen molar-refractivity contribution in [3.63, 3.8) is 0 Å². The van der Waals surface area contributed by atoms with Crippen LogP contribution in [0, 0.1) is 19.3 Å². The molecule has 1 amide bonds. The average Bonchev–Trinajstić information content (AvgIpc) is 2.94. The number of hydrogen-bond acceptors (Lipinski definition) is 5. The maximum atomic E-state index is 15.0. The molecule has 2 aliphatic rings. The van der Waals surface area contributed by atoms with Crippen molar-refractivity contribution >= 4 is 46.4 Å². The average molecular weight is 424 g/mol. The third-order valence-electron chi connectivity index (χ3n) is 5.60. The Kier molecular flexibility index (Phi) is 4.74. The molecule has 7 nitrogen and oxygen atoms in total. The quantitative estimate of drug-likeness (QED) is 0.423. The third-order valence-corrected chi connectivity index (χ3v) is 5.97. The van der Waals surface area contributed by atoms with Crippen LogP contribution in [0.4, 0.5) is 21.6 Å². The molecule has 0 unspecified atom stereocenters. The number of esters is 1. The van der Waals surface area contributed by atoms with Gasteiger partial charge < -0.3 is 14.5 Å². The van der Waals surface area contributed by atoms with E-state index in [1.165, 1.54) is 30.3 Å². The van der Waals surface area contributed by atoms with Crippen LogP contribution >= 0.6 is 12.2 Å². The molecule has 152 valence electrons. The number of ether oxygens (including phenoxy) is 1. The summed E-state index contributed by atoms with van der Waals surface area (Å²) in [4.78, 5) is 35.5. The van der Waals surface area contributed by atoms with Gasteiger partial charge in [-0.15, -0.1) is 4.98 Å². The van der Waals surface area contributed by atoms with Crippen LogP contribution in [0.2, 0.25) is 0 Å². The van der Waals surface area contributed by atoms with Gasteiger partial charge in [0, 0.05) is 0 Å². The Morgan fingerprint density at radius 2 is 2.10 bits per heavy atom. The Balaban J connectivity index is 1.79. The lowest BCUT2D eigenvalue weighted by atomic mass is 9.75. The fourth-order valence-corrected chi connectivity index (χ4v) is 4.37. The fraction of sp³-hybridized carbons (Fsp3) is 0.286. The van der Waals surface area contributed by atoms with Crippen molar-refractivity contribution in [2.75, 3.05) is 16.9 Å². The van der Waals surface area contributed by atoms with Crippen molar-refractivity contribution in [3.8, 4) is 0 Å². The maximum absolute atomic E-state index is 15.0. The molecule has 2 heterocycles. The van der Waals surface area contributed by atoms with Gasteiger partial charge >= 0.3 is 5.97 Å². The van der Waals surface area contributed by atoms with E-state index in [9.17, 15) is 9.59 Å². The van der Waals surface area contributed by atoms with E-state index in [-0.39, 0.29) is 28.1 Å². The van der Waals surface area contributed by atoms with Gasteiger partial charge in [-0.05, 0) is 68.2 Å². The Labute approximate surface area is 177 Å². The van der Waals surface area contributed by atoms with Crippen molar-refractivity contribution in [1.82, 2.24) is 4.98 Å². The van der Waals surface area contributed by atoms with Crippen LogP contribution in [0.5, 0.6) is 0 Å². The van der Waals surface area contributed by atoms with Gasteiger partial charge in [-0.25, -0.2) is 9.18 Å². The number of anilines is 2. The minimum Gasteiger partial charge on any atom is -0.465 e. The highest BCUT2D eigenvalue weighted by Crippen LogP contribution is 2.48. The zero-order valence-corrected chi connectivity index (χ0v) is 17.1. The van der Waals surface area contributed by atoms with E-state index in [0.717, 1.165) is 12.5 Å². The summed E-state index contributed by atoms with van der Waals surface area (Å²) in [7, 11) is 1.22. The smallest absolute Gasteiger partial charge is 0.337 e. The molecule has 1 aliphatic carbocycles. The van der Waals surface area contributed by atoms with Gasteiger partial charge in [0.25, 0.3) is 11.7 Å². The second-order valence-corrected chi connectivity index (χ2v) is 7.61. The van der Waals surface area contributed by atoms with Crippen LogP contribution in [-0.2, 0) is 9.53 Å². The first-order valence-electron chi connectivity index (χ1n) is 9.25. The molecule has 2 fully saturated rings.